The van der Waals surface area contributed by atoms with Gasteiger partial charge in [-0.15, -0.1) is 0 Å². The normalized spacial score (nSPS) is 16.9. The lowest BCUT2D eigenvalue weighted by molar-refractivity contribution is -0.139. The number of ether oxygens (including phenoxy) is 1. The standard InChI is InChI=1S/C22H25NO4/c1-2-3-16-4-6-17(7-5-16)18-8-10-19(11-9-18)22(26)23-12-13-27-15-20(23)14-21(24)25/h4-11,20H,2-3,12-15H2,1H3,(H,24,25). The Labute approximate surface area is 159 Å². The Morgan fingerprint density at radius 1 is 1.07 bits per heavy atom. The number of nitrogens with zero attached hydrogens (tertiary/aromatic N) is 1. The molecule has 1 amide bonds. The Kier molecular flexibility index (Phi) is 6.24. The van der Waals surface area contributed by atoms with Gasteiger partial charge in [0.2, 0.25) is 0 Å². The molecular weight excluding hydrogens is 342 g/mol. The van der Waals surface area contributed by atoms with Gasteiger partial charge in [-0.1, -0.05) is 49.7 Å². The van der Waals surface area contributed by atoms with Crippen molar-refractivity contribution in [1.82, 2.24) is 4.90 Å². The van der Waals surface area contributed by atoms with E-state index in [2.05, 4.69) is 31.2 Å². The van der Waals surface area contributed by atoms with Crippen molar-refractivity contribution >= 4 is 11.9 Å². The van der Waals surface area contributed by atoms with E-state index in [1.807, 2.05) is 24.3 Å². The summed E-state index contributed by atoms with van der Waals surface area (Å²) >= 11 is 0. The van der Waals surface area contributed by atoms with Crippen LogP contribution in [0, 0.1) is 0 Å². The van der Waals surface area contributed by atoms with Gasteiger partial charge in [0.1, 0.15) is 0 Å². The van der Waals surface area contributed by atoms with Crippen LogP contribution in [0.25, 0.3) is 11.1 Å². The highest BCUT2D eigenvalue weighted by Gasteiger charge is 2.29. The highest BCUT2D eigenvalue weighted by atomic mass is 16.5. The molecule has 0 aromatic heterocycles. The third kappa shape index (κ3) is 4.74. The topological polar surface area (TPSA) is 66.8 Å². The maximum absolute atomic E-state index is 12.8. The molecule has 1 atom stereocenters. The SMILES string of the molecule is CCCc1ccc(-c2ccc(C(=O)N3CCOCC3CC(=O)O)cc2)cc1. The minimum Gasteiger partial charge on any atom is -0.481 e. The zero-order chi connectivity index (χ0) is 19.2. The zero-order valence-corrected chi connectivity index (χ0v) is 15.6. The third-order valence-corrected chi connectivity index (χ3v) is 4.86. The molecule has 1 aliphatic heterocycles. The number of carboxylic acids is 1. The van der Waals surface area contributed by atoms with Crippen molar-refractivity contribution in [2.24, 2.45) is 0 Å². The minimum atomic E-state index is -0.926. The van der Waals surface area contributed by atoms with Crippen LogP contribution in [0.2, 0.25) is 0 Å². The number of morpholine rings is 1. The van der Waals surface area contributed by atoms with E-state index in [-0.39, 0.29) is 18.9 Å². The second kappa shape index (κ2) is 8.82. The molecule has 5 heteroatoms. The molecule has 1 N–H and O–H groups in total. The molecule has 3 rings (SSSR count). The molecule has 1 saturated heterocycles. The number of benzene rings is 2. The van der Waals surface area contributed by atoms with Crippen molar-refractivity contribution in [3.63, 3.8) is 0 Å². The van der Waals surface area contributed by atoms with Crippen LogP contribution in [0.5, 0.6) is 0 Å². The molecule has 1 unspecified atom stereocenters. The summed E-state index contributed by atoms with van der Waals surface area (Å²) in [6.45, 7) is 3.28. The lowest BCUT2D eigenvalue weighted by Gasteiger charge is -2.34. The van der Waals surface area contributed by atoms with E-state index in [0.717, 1.165) is 24.0 Å². The maximum Gasteiger partial charge on any atom is 0.305 e. The number of rotatable bonds is 6. The summed E-state index contributed by atoms with van der Waals surface area (Å²) in [5, 5.41) is 9.06. The molecule has 27 heavy (non-hydrogen) atoms. The van der Waals surface area contributed by atoms with Crippen LogP contribution in [0.1, 0.15) is 35.7 Å². The number of carbonyl (C=O) groups excluding carboxylic acids is 1. The maximum atomic E-state index is 12.8. The minimum absolute atomic E-state index is 0.103. The number of carbonyl (C=O) groups is 2. The van der Waals surface area contributed by atoms with E-state index < -0.39 is 12.0 Å². The first-order chi connectivity index (χ1) is 13.1. The lowest BCUT2D eigenvalue weighted by Crippen LogP contribution is -2.49. The molecule has 5 nitrogen and oxygen atoms in total. The van der Waals surface area contributed by atoms with Gasteiger partial charge in [0.25, 0.3) is 5.91 Å². The van der Waals surface area contributed by atoms with Crippen molar-refractivity contribution in [2.75, 3.05) is 19.8 Å². The average Bonchev–Trinajstić information content (AvgIpc) is 2.68. The number of carboxylic acid groups (broad SMARTS) is 1. The van der Waals surface area contributed by atoms with Gasteiger partial charge in [0.15, 0.2) is 0 Å². The third-order valence-electron chi connectivity index (χ3n) is 4.86. The monoisotopic (exact) mass is 367 g/mol. The van der Waals surface area contributed by atoms with Crippen LogP contribution >= 0.6 is 0 Å². The average molecular weight is 367 g/mol. The summed E-state index contributed by atoms with van der Waals surface area (Å²) in [5.74, 6) is -1.07. The molecule has 1 heterocycles. The van der Waals surface area contributed by atoms with Crippen LogP contribution in [0.15, 0.2) is 48.5 Å². The number of amides is 1. The Balaban J connectivity index is 1.73. The van der Waals surface area contributed by atoms with Crippen molar-refractivity contribution in [3.05, 3.63) is 59.7 Å². The molecule has 1 aliphatic rings. The molecule has 2 aromatic rings. The van der Waals surface area contributed by atoms with E-state index in [4.69, 9.17) is 9.84 Å². The Morgan fingerprint density at radius 3 is 2.30 bits per heavy atom. The molecule has 142 valence electrons. The van der Waals surface area contributed by atoms with Crippen LogP contribution in [-0.4, -0.2) is 47.7 Å². The van der Waals surface area contributed by atoms with Crippen molar-refractivity contribution in [1.29, 1.82) is 0 Å². The number of hydrogen-bond acceptors (Lipinski definition) is 3. The fraction of sp³-hybridized carbons (Fsp3) is 0.364. The van der Waals surface area contributed by atoms with Gasteiger partial charge in [-0.2, -0.15) is 0 Å². The number of aryl methyl sites for hydroxylation is 1. The summed E-state index contributed by atoms with van der Waals surface area (Å²) in [6.07, 6.45) is 2.10. The van der Waals surface area contributed by atoms with Crippen molar-refractivity contribution in [3.8, 4) is 11.1 Å². The largest absolute Gasteiger partial charge is 0.481 e. The molecule has 0 spiro atoms. The summed E-state index contributed by atoms with van der Waals surface area (Å²) in [6, 6.07) is 15.6. The van der Waals surface area contributed by atoms with E-state index >= 15 is 0 Å². The summed E-state index contributed by atoms with van der Waals surface area (Å²) in [7, 11) is 0. The second-order valence-corrected chi connectivity index (χ2v) is 6.85. The number of hydrogen-bond donors (Lipinski definition) is 1. The van der Waals surface area contributed by atoms with Crippen molar-refractivity contribution < 1.29 is 19.4 Å². The van der Waals surface area contributed by atoms with Gasteiger partial charge in [0, 0.05) is 12.1 Å². The van der Waals surface area contributed by atoms with E-state index in [9.17, 15) is 9.59 Å². The molecular formula is C22H25NO4. The van der Waals surface area contributed by atoms with Gasteiger partial charge in [-0.3, -0.25) is 9.59 Å². The Hall–Kier alpha value is -2.66. The fourth-order valence-electron chi connectivity index (χ4n) is 3.42. The van der Waals surface area contributed by atoms with Crippen LogP contribution in [0.4, 0.5) is 0 Å². The first-order valence-corrected chi connectivity index (χ1v) is 9.38. The molecule has 0 radical (unpaired) electrons. The Bertz CT molecular complexity index is 783. The molecule has 0 bridgehead atoms. The summed E-state index contributed by atoms with van der Waals surface area (Å²) < 4.78 is 5.35. The first kappa shape index (κ1) is 19.1. The zero-order valence-electron chi connectivity index (χ0n) is 15.6. The first-order valence-electron chi connectivity index (χ1n) is 9.38. The molecule has 2 aromatic carbocycles. The summed E-state index contributed by atoms with van der Waals surface area (Å²) in [4.78, 5) is 25.5. The van der Waals surface area contributed by atoms with E-state index in [0.29, 0.717) is 18.7 Å². The van der Waals surface area contributed by atoms with Gasteiger partial charge in [-0.25, -0.2) is 0 Å². The highest BCUT2D eigenvalue weighted by Crippen LogP contribution is 2.22. The van der Waals surface area contributed by atoms with Gasteiger partial charge < -0.3 is 14.7 Å². The van der Waals surface area contributed by atoms with Crippen molar-refractivity contribution in [2.45, 2.75) is 32.2 Å². The van der Waals surface area contributed by atoms with Crippen LogP contribution < -0.4 is 0 Å². The molecule has 0 saturated carbocycles. The lowest BCUT2D eigenvalue weighted by atomic mass is 10.0. The smallest absolute Gasteiger partial charge is 0.305 e. The van der Waals surface area contributed by atoms with E-state index in [1.54, 1.807) is 4.90 Å². The predicted molar refractivity (Wildman–Crippen MR) is 104 cm³/mol. The highest BCUT2D eigenvalue weighted by molar-refractivity contribution is 5.95. The fourth-order valence-corrected chi connectivity index (χ4v) is 3.42. The van der Waals surface area contributed by atoms with Gasteiger partial charge >= 0.3 is 5.97 Å². The quantitative estimate of drug-likeness (QED) is 0.847. The van der Waals surface area contributed by atoms with Crippen LogP contribution in [0.3, 0.4) is 0 Å². The summed E-state index contributed by atoms with van der Waals surface area (Å²) in [5.41, 5.74) is 4.06. The van der Waals surface area contributed by atoms with Gasteiger partial charge in [-0.05, 0) is 35.2 Å². The van der Waals surface area contributed by atoms with Crippen LogP contribution in [-0.2, 0) is 16.0 Å². The predicted octanol–water partition coefficient (Wildman–Crippen LogP) is 3.62. The van der Waals surface area contributed by atoms with E-state index in [1.165, 1.54) is 5.56 Å². The Morgan fingerprint density at radius 2 is 1.70 bits per heavy atom. The number of aliphatic carboxylic acids is 1. The molecule has 0 aliphatic carbocycles. The van der Waals surface area contributed by atoms with Gasteiger partial charge in [0.05, 0.1) is 25.7 Å². The molecule has 1 fully saturated rings. The second-order valence-electron chi connectivity index (χ2n) is 6.85.